The average molecular weight is 304 g/mol. The highest BCUT2D eigenvalue weighted by atomic mass is 16.5. The Balaban J connectivity index is 1.79. The Kier molecular flexibility index (Phi) is 4.25. The van der Waals surface area contributed by atoms with E-state index >= 15 is 0 Å². The summed E-state index contributed by atoms with van der Waals surface area (Å²) in [6, 6.07) is 5.38. The lowest BCUT2D eigenvalue weighted by Crippen LogP contribution is -2.39. The van der Waals surface area contributed by atoms with Gasteiger partial charge < -0.3 is 19.7 Å². The topological polar surface area (TPSA) is 50.8 Å². The number of piperidine rings is 1. The van der Waals surface area contributed by atoms with Crippen molar-refractivity contribution in [2.75, 3.05) is 40.4 Å². The predicted octanol–water partition coefficient (Wildman–Crippen LogP) is 1.92. The molecule has 1 aromatic rings. The fraction of sp³-hybridized carbons (Fsp3) is 0.588. The molecule has 0 bridgehead atoms. The van der Waals surface area contributed by atoms with Crippen LogP contribution >= 0.6 is 0 Å². The summed E-state index contributed by atoms with van der Waals surface area (Å²) in [5, 5.41) is 3.40. The van der Waals surface area contributed by atoms with Crippen LogP contribution in [-0.2, 0) is 0 Å². The van der Waals surface area contributed by atoms with Crippen LogP contribution < -0.4 is 14.8 Å². The first-order valence-corrected chi connectivity index (χ1v) is 7.89. The van der Waals surface area contributed by atoms with Gasteiger partial charge in [-0.1, -0.05) is 0 Å². The zero-order chi connectivity index (χ0) is 15.6. The molecule has 120 valence electrons. The van der Waals surface area contributed by atoms with Crippen molar-refractivity contribution in [1.82, 2.24) is 10.2 Å². The smallest absolute Gasteiger partial charge is 0.257 e. The highest BCUT2D eigenvalue weighted by Crippen LogP contribution is 2.39. The second-order valence-electron chi connectivity index (χ2n) is 6.29. The second-order valence-corrected chi connectivity index (χ2v) is 6.29. The van der Waals surface area contributed by atoms with Crippen molar-refractivity contribution in [2.45, 2.75) is 19.3 Å². The minimum absolute atomic E-state index is 0.0474. The SMILES string of the molecule is COc1ccc(OC)c(C(=O)N2CCC3(CCNCC3)C2)c1. The Hall–Kier alpha value is -1.75. The van der Waals surface area contributed by atoms with E-state index in [1.54, 1.807) is 26.4 Å². The molecule has 0 aromatic heterocycles. The standard InChI is InChI=1S/C17H24N2O3/c1-21-13-3-4-15(22-2)14(11-13)16(20)19-10-7-17(12-19)5-8-18-9-6-17/h3-4,11,18H,5-10,12H2,1-2H3. The molecule has 1 N–H and O–H groups in total. The van der Waals surface area contributed by atoms with Crippen molar-refractivity contribution >= 4 is 5.91 Å². The number of hydrogen-bond acceptors (Lipinski definition) is 4. The third-order valence-electron chi connectivity index (χ3n) is 5.03. The molecular weight excluding hydrogens is 280 g/mol. The first kappa shape index (κ1) is 15.2. The maximum absolute atomic E-state index is 12.9. The van der Waals surface area contributed by atoms with Crippen LogP contribution in [0, 0.1) is 5.41 Å². The van der Waals surface area contributed by atoms with Gasteiger partial charge in [-0.3, -0.25) is 4.79 Å². The Labute approximate surface area is 131 Å². The molecule has 3 rings (SSSR count). The summed E-state index contributed by atoms with van der Waals surface area (Å²) in [6.07, 6.45) is 3.42. The number of ether oxygens (including phenoxy) is 2. The number of carbonyl (C=O) groups excluding carboxylic acids is 1. The number of hydrogen-bond donors (Lipinski definition) is 1. The molecule has 22 heavy (non-hydrogen) atoms. The maximum Gasteiger partial charge on any atom is 0.257 e. The Morgan fingerprint density at radius 3 is 2.64 bits per heavy atom. The first-order chi connectivity index (χ1) is 10.7. The lowest BCUT2D eigenvalue weighted by atomic mass is 9.78. The molecular formula is C17H24N2O3. The monoisotopic (exact) mass is 304 g/mol. The van der Waals surface area contributed by atoms with Crippen LogP contribution in [-0.4, -0.2) is 51.2 Å². The van der Waals surface area contributed by atoms with Gasteiger partial charge in [0.15, 0.2) is 0 Å². The number of nitrogens with one attached hydrogen (secondary N) is 1. The van der Waals surface area contributed by atoms with Crippen molar-refractivity contribution in [3.8, 4) is 11.5 Å². The number of nitrogens with zero attached hydrogens (tertiary/aromatic N) is 1. The van der Waals surface area contributed by atoms with Gasteiger partial charge in [0.2, 0.25) is 0 Å². The third kappa shape index (κ3) is 2.77. The van der Waals surface area contributed by atoms with Crippen LogP contribution in [0.15, 0.2) is 18.2 Å². The van der Waals surface area contributed by atoms with Crippen LogP contribution in [0.2, 0.25) is 0 Å². The molecule has 0 atom stereocenters. The molecule has 2 aliphatic heterocycles. The van der Waals surface area contributed by atoms with E-state index in [0.29, 0.717) is 22.5 Å². The molecule has 1 spiro atoms. The van der Waals surface area contributed by atoms with E-state index < -0.39 is 0 Å². The summed E-state index contributed by atoms with van der Waals surface area (Å²) < 4.78 is 10.6. The number of carbonyl (C=O) groups is 1. The molecule has 1 aromatic carbocycles. The van der Waals surface area contributed by atoms with Gasteiger partial charge in [0.1, 0.15) is 11.5 Å². The molecule has 2 aliphatic rings. The Morgan fingerprint density at radius 1 is 1.18 bits per heavy atom. The van der Waals surface area contributed by atoms with E-state index in [1.165, 1.54) is 0 Å². The number of benzene rings is 1. The van der Waals surface area contributed by atoms with Gasteiger partial charge in [0, 0.05) is 13.1 Å². The zero-order valence-electron chi connectivity index (χ0n) is 13.4. The predicted molar refractivity (Wildman–Crippen MR) is 84.6 cm³/mol. The molecule has 1 amide bonds. The third-order valence-corrected chi connectivity index (χ3v) is 5.03. The molecule has 5 nitrogen and oxygen atoms in total. The first-order valence-electron chi connectivity index (χ1n) is 7.89. The lowest BCUT2D eigenvalue weighted by molar-refractivity contribution is 0.0758. The largest absolute Gasteiger partial charge is 0.497 e. The molecule has 0 aliphatic carbocycles. The van der Waals surface area contributed by atoms with Crippen molar-refractivity contribution < 1.29 is 14.3 Å². The molecule has 5 heteroatoms. The van der Waals surface area contributed by atoms with E-state index in [9.17, 15) is 4.79 Å². The Bertz CT molecular complexity index is 553. The molecule has 0 saturated carbocycles. The molecule has 2 fully saturated rings. The summed E-state index contributed by atoms with van der Waals surface area (Å²) in [7, 11) is 3.20. The number of rotatable bonds is 3. The van der Waals surface area contributed by atoms with Gasteiger partial charge in [-0.05, 0) is 56.0 Å². The van der Waals surface area contributed by atoms with E-state index in [-0.39, 0.29) is 5.91 Å². The normalized spacial score (nSPS) is 20.2. The van der Waals surface area contributed by atoms with E-state index in [1.807, 2.05) is 11.0 Å². The van der Waals surface area contributed by atoms with Gasteiger partial charge in [-0.2, -0.15) is 0 Å². The van der Waals surface area contributed by atoms with Gasteiger partial charge in [-0.15, -0.1) is 0 Å². The van der Waals surface area contributed by atoms with Gasteiger partial charge in [-0.25, -0.2) is 0 Å². The highest BCUT2D eigenvalue weighted by Gasteiger charge is 2.41. The quantitative estimate of drug-likeness (QED) is 0.927. The molecule has 0 unspecified atom stereocenters. The number of amides is 1. The van der Waals surface area contributed by atoms with Crippen molar-refractivity contribution in [1.29, 1.82) is 0 Å². The van der Waals surface area contributed by atoms with Crippen LogP contribution in [0.1, 0.15) is 29.6 Å². The fourth-order valence-corrected chi connectivity index (χ4v) is 3.63. The second kappa shape index (κ2) is 6.16. The summed E-state index contributed by atoms with van der Waals surface area (Å²) in [5.74, 6) is 1.34. The summed E-state index contributed by atoms with van der Waals surface area (Å²) >= 11 is 0. The van der Waals surface area contributed by atoms with Crippen LogP contribution in [0.4, 0.5) is 0 Å². The minimum Gasteiger partial charge on any atom is -0.497 e. The number of methoxy groups -OCH3 is 2. The number of likely N-dealkylation sites (tertiary alicyclic amines) is 1. The van der Waals surface area contributed by atoms with E-state index in [0.717, 1.165) is 45.4 Å². The average Bonchev–Trinajstić information content (AvgIpc) is 2.97. The van der Waals surface area contributed by atoms with Crippen molar-refractivity contribution in [2.24, 2.45) is 5.41 Å². The van der Waals surface area contributed by atoms with Crippen LogP contribution in [0.5, 0.6) is 11.5 Å². The summed E-state index contributed by atoms with van der Waals surface area (Å²) in [5.41, 5.74) is 0.903. The zero-order valence-corrected chi connectivity index (χ0v) is 13.4. The fourth-order valence-electron chi connectivity index (χ4n) is 3.63. The van der Waals surface area contributed by atoms with E-state index in [2.05, 4.69) is 5.32 Å². The van der Waals surface area contributed by atoms with Crippen molar-refractivity contribution in [3.05, 3.63) is 23.8 Å². The van der Waals surface area contributed by atoms with E-state index in [4.69, 9.17) is 9.47 Å². The molecule has 0 radical (unpaired) electrons. The molecule has 2 saturated heterocycles. The van der Waals surface area contributed by atoms with Crippen LogP contribution in [0.25, 0.3) is 0 Å². The highest BCUT2D eigenvalue weighted by molar-refractivity contribution is 5.97. The summed E-state index contributed by atoms with van der Waals surface area (Å²) in [4.78, 5) is 14.9. The van der Waals surface area contributed by atoms with Crippen LogP contribution in [0.3, 0.4) is 0 Å². The van der Waals surface area contributed by atoms with Gasteiger partial charge in [0.05, 0.1) is 19.8 Å². The van der Waals surface area contributed by atoms with Crippen molar-refractivity contribution in [3.63, 3.8) is 0 Å². The lowest BCUT2D eigenvalue weighted by Gasteiger charge is -2.33. The summed E-state index contributed by atoms with van der Waals surface area (Å²) in [6.45, 7) is 3.81. The minimum atomic E-state index is 0.0474. The van der Waals surface area contributed by atoms with Gasteiger partial charge in [0.25, 0.3) is 5.91 Å². The molecule has 2 heterocycles. The Morgan fingerprint density at radius 2 is 1.95 bits per heavy atom. The van der Waals surface area contributed by atoms with Gasteiger partial charge >= 0.3 is 0 Å². The maximum atomic E-state index is 12.9.